The number of carbonyl (C=O) groups is 1. The molecular formula is C13H15BrClFN2O. The molecule has 0 unspecified atom stereocenters. The van der Waals surface area contributed by atoms with Crippen molar-refractivity contribution in [1.29, 1.82) is 0 Å². The van der Waals surface area contributed by atoms with Crippen molar-refractivity contribution in [3.05, 3.63) is 27.4 Å². The molecule has 1 saturated heterocycles. The first-order valence-corrected chi connectivity index (χ1v) is 7.35. The summed E-state index contributed by atoms with van der Waals surface area (Å²) in [6, 6.07) is 2.83. The Morgan fingerprint density at radius 1 is 1.47 bits per heavy atom. The van der Waals surface area contributed by atoms with Crippen LogP contribution in [0.3, 0.4) is 0 Å². The van der Waals surface area contributed by atoms with Crippen molar-refractivity contribution in [2.45, 2.75) is 19.8 Å². The first kappa shape index (κ1) is 14.6. The number of anilines is 1. The molecule has 1 aliphatic rings. The fraction of sp³-hybridized carbons (Fsp3) is 0.462. The van der Waals surface area contributed by atoms with E-state index in [1.165, 1.54) is 6.07 Å². The number of nitrogens with one attached hydrogen (secondary N) is 1. The first-order valence-electron chi connectivity index (χ1n) is 6.18. The number of amides is 2. The fourth-order valence-corrected chi connectivity index (χ4v) is 2.50. The van der Waals surface area contributed by atoms with E-state index in [1.807, 2.05) is 0 Å². The van der Waals surface area contributed by atoms with E-state index in [-0.39, 0.29) is 16.7 Å². The van der Waals surface area contributed by atoms with Crippen LogP contribution in [0.15, 0.2) is 16.6 Å². The highest BCUT2D eigenvalue weighted by atomic mass is 79.9. The number of rotatable bonds is 1. The molecule has 0 aliphatic carbocycles. The van der Waals surface area contributed by atoms with Gasteiger partial charge in [0, 0.05) is 17.6 Å². The number of piperidine rings is 1. The second-order valence-electron chi connectivity index (χ2n) is 4.82. The summed E-state index contributed by atoms with van der Waals surface area (Å²) in [6.45, 7) is 3.58. The third kappa shape index (κ3) is 3.39. The zero-order chi connectivity index (χ0) is 14.0. The van der Waals surface area contributed by atoms with Crippen molar-refractivity contribution in [2.24, 2.45) is 5.92 Å². The van der Waals surface area contributed by atoms with Crippen molar-refractivity contribution in [3.8, 4) is 0 Å². The molecule has 1 aromatic carbocycles. The van der Waals surface area contributed by atoms with Crippen LogP contribution >= 0.6 is 27.5 Å². The molecule has 104 valence electrons. The molecule has 2 rings (SSSR count). The van der Waals surface area contributed by atoms with Crippen LogP contribution in [0.25, 0.3) is 0 Å². The molecule has 3 nitrogen and oxygen atoms in total. The Kier molecular flexibility index (Phi) is 4.68. The summed E-state index contributed by atoms with van der Waals surface area (Å²) in [5, 5.41) is 2.55. The van der Waals surface area contributed by atoms with E-state index in [1.54, 1.807) is 11.0 Å². The molecule has 0 atom stereocenters. The smallest absolute Gasteiger partial charge is 0.321 e. The lowest BCUT2D eigenvalue weighted by Crippen LogP contribution is -2.40. The Labute approximate surface area is 125 Å². The second kappa shape index (κ2) is 6.09. The number of nitrogens with zero attached hydrogens (tertiary/aromatic N) is 1. The van der Waals surface area contributed by atoms with Gasteiger partial charge in [-0.1, -0.05) is 18.5 Å². The molecule has 1 aliphatic heterocycles. The van der Waals surface area contributed by atoms with Crippen molar-refractivity contribution < 1.29 is 9.18 Å². The maximum atomic E-state index is 13.9. The van der Waals surface area contributed by atoms with Gasteiger partial charge in [-0.05, 0) is 46.8 Å². The Balaban J connectivity index is 2.05. The van der Waals surface area contributed by atoms with Crippen LogP contribution < -0.4 is 5.32 Å². The molecule has 0 aromatic heterocycles. The van der Waals surface area contributed by atoms with E-state index in [9.17, 15) is 9.18 Å². The van der Waals surface area contributed by atoms with E-state index < -0.39 is 5.82 Å². The summed E-state index contributed by atoms with van der Waals surface area (Å²) >= 11 is 8.92. The molecule has 1 N–H and O–H groups in total. The number of benzene rings is 1. The second-order valence-corrected chi connectivity index (χ2v) is 6.05. The monoisotopic (exact) mass is 348 g/mol. The van der Waals surface area contributed by atoms with Gasteiger partial charge >= 0.3 is 6.03 Å². The van der Waals surface area contributed by atoms with Gasteiger partial charge in [-0.15, -0.1) is 0 Å². The number of hydrogen-bond acceptors (Lipinski definition) is 1. The molecule has 0 saturated carbocycles. The summed E-state index contributed by atoms with van der Waals surface area (Å²) in [5.41, 5.74) is 0.108. The Hall–Kier alpha value is -0.810. The third-order valence-electron chi connectivity index (χ3n) is 3.35. The summed E-state index contributed by atoms with van der Waals surface area (Å²) in [7, 11) is 0. The first-order chi connectivity index (χ1) is 8.99. The lowest BCUT2D eigenvalue weighted by molar-refractivity contribution is 0.186. The van der Waals surface area contributed by atoms with Gasteiger partial charge in [-0.3, -0.25) is 0 Å². The average molecular weight is 350 g/mol. The highest BCUT2D eigenvalue weighted by molar-refractivity contribution is 9.10. The zero-order valence-electron chi connectivity index (χ0n) is 10.5. The van der Waals surface area contributed by atoms with Gasteiger partial charge in [-0.2, -0.15) is 0 Å². The van der Waals surface area contributed by atoms with E-state index in [0.29, 0.717) is 23.5 Å². The van der Waals surface area contributed by atoms with Crippen LogP contribution in [0, 0.1) is 11.7 Å². The minimum atomic E-state index is -0.616. The van der Waals surface area contributed by atoms with Crippen LogP contribution in [-0.4, -0.2) is 24.0 Å². The minimum Gasteiger partial charge on any atom is -0.325 e. The molecule has 0 radical (unpaired) electrons. The van der Waals surface area contributed by atoms with Crippen molar-refractivity contribution in [3.63, 3.8) is 0 Å². The van der Waals surface area contributed by atoms with Gasteiger partial charge in [0.2, 0.25) is 0 Å². The molecule has 2 amide bonds. The van der Waals surface area contributed by atoms with E-state index >= 15 is 0 Å². The zero-order valence-corrected chi connectivity index (χ0v) is 12.9. The summed E-state index contributed by atoms with van der Waals surface area (Å²) in [4.78, 5) is 13.7. The number of urea groups is 1. The third-order valence-corrected chi connectivity index (χ3v) is 4.61. The average Bonchev–Trinajstić information content (AvgIpc) is 2.40. The van der Waals surface area contributed by atoms with Gasteiger partial charge in [0.05, 0.1) is 10.7 Å². The number of likely N-dealkylation sites (tertiary alicyclic amines) is 1. The topological polar surface area (TPSA) is 32.3 Å². The molecule has 1 aromatic rings. The minimum absolute atomic E-state index is 0.0231. The molecule has 0 bridgehead atoms. The highest BCUT2D eigenvalue weighted by Crippen LogP contribution is 2.30. The highest BCUT2D eigenvalue weighted by Gasteiger charge is 2.21. The molecular weight excluding hydrogens is 335 g/mol. The van der Waals surface area contributed by atoms with Crippen molar-refractivity contribution in [2.75, 3.05) is 18.4 Å². The number of carbonyl (C=O) groups excluding carboxylic acids is 1. The van der Waals surface area contributed by atoms with Crippen LogP contribution in [0.4, 0.5) is 14.9 Å². The van der Waals surface area contributed by atoms with Gasteiger partial charge < -0.3 is 10.2 Å². The fourth-order valence-electron chi connectivity index (χ4n) is 2.03. The number of halogens is 3. The summed E-state index contributed by atoms with van der Waals surface area (Å²) in [5.74, 6) is 0.0256. The Morgan fingerprint density at radius 3 is 2.74 bits per heavy atom. The van der Waals surface area contributed by atoms with Crippen LogP contribution in [-0.2, 0) is 0 Å². The van der Waals surface area contributed by atoms with Crippen LogP contribution in [0.1, 0.15) is 19.8 Å². The molecule has 6 heteroatoms. The van der Waals surface area contributed by atoms with E-state index in [4.69, 9.17) is 11.6 Å². The van der Waals surface area contributed by atoms with Gasteiger partial charge in [-0.25, -0.2) is 9.18 Å². The van der Waals surface area contributed by atoms with Crippen molar-refractivity contribution >= 4 is 39.2 Å². The van der Waals surface area contributed by atoms with Gasteiger partial charge in [0.1, 0.15) is 0 Å². The van der Waals surface area contributed by atoms with Crippen LogP contribution in [0.2, 0.25) is 5.02 Å². The molecule has 19 heavy (non-hydrogen) atoms. The largest absolute Gasteiger partial charge is 0.325 e. The Bertz CT molecular complexity index is 490. The lowest BCUT2D eigenvalue weighted by atomic mass is 10.00. The SMILES string of the molecule is CC1CCN(C(=O)Nc2ccc(Br)c(Cl)c2F)CC1. The normalized spacial score (nSPS) is 16.5. The predicted molar refractivity (Wildman–Crippen MR) is 78.1 cm³/mol. The van der Waals surface area contributed by atoms with E-state index in [2.05, 4.69) is 28.2 Å². The quantitative estimate of drug-likeness (QED) is 0.744. The van der Waals surface area contributed by atoms with Crippen LogP contribution in [0.5, 0.6) is 0 Å². The Morgan fingerprint density at radius 2 is 2.11 bits per heavy atom. The van der Waals surface area contributed by atoms with Crippen molar-refractivity contribution in [1.82, 2.24) is 4.90 Å². The predicted octanol–water partition coefficient (Wildman–Crippen LogP) is 4.51. The lowest BCUT2D eigenvalue weighted by Gasteiger charge is -2.30. The summed E-state index contributed by atoms with van der Waals surface area (Å²) in [6.07, 6.45) is 1.97. The van der Waals surface area contributed by atoms with Gasteiger partial charge in [0.15, 0.2) is 5.82 Å². The maximum absolute atomic E-state index is 13.9. The number of hydrogen-bond donors (Lipinski definition) is 1. The maximum Gasteiger partial charge on any atom is 0.321 e. The molecule has 1 fully saturated rings. The standard InChI is InChI=1S/C13H15BrClFN2O/c1-8-4-6-18(7-5-8)13(19)17-10-3-2-9(14)11(15)12(10)16/h2-3,8H,4-7H2,1H3,(H,17,19). The molecule has 0 spiro atoms. The van der Waals surface area contributed by atoms with E-state index in [0.717, 1.165) is 12.8 Å². The molecule has 1 heterocycles. The van der Waals surface area contributed by atoms with Gasteiger partial charge in [0.25, 0.3) is 0 Å². The summed E-state index contributed by atoms with van der Waals surface area (Å²) < 4.78 is 14.3.